The quantitative estimate of drug-likeness (QED) is 0.744. The zero-order valence-electron chi connectivity index (χ0n) is 8.53. The van der Waals surface area contributed by atoms with Gasteiger partial charge in [0.1, 0.15) is 6.04 Å². The number of hydrogen-bond acceptors (Lipinski definition) is 2. The van der Waals surface area contributed by atoms with E-state index < -0.39 is 12.0 Å². The first-order chi connectivity index (χ1) is 6.66. The van der Waals surface area contributed by atoms with E-state index in [2.05, 4.69) is 0 Å². The van der Waals surface area contributed by atoms with Crippen LogP contribution in [0.25, 0.3) is 0 Å². The number of hydrogen-bond donors (Lipinski definition) is 1. The van der Waals surface area contributed by atoms with Gasteiger partial charge in [-0.25, -0.2) is 4.79 Å². The molecule has 1 rings (SSSR count). The first kappa shape index (κ1) is 11.0. The Bertz CT molecular complexity index is 227. The molecule has 0 unspecified atom stereocenters. The fraction of sp³-hybridized carbons (Fsp3) is 0.800. The number of carbonyl (C=O) groups excluding carboxylic acids is 1. The van der Waals surface area contributed by atoms with Crippen LogP contribution in [-0.2, 0) is 9.59 Å². The molecule has 1 N–H and O–H groups in total. The third-order valence-corrected chi connectivity index (χ3v) is 2.57. The van der Waals surface area contributed by atoms with Gasteiger partial charge in [-0.3, -0.25) is 4.79 Å². The van der Waals surface area contributed by atoms with Gasteiger partial charge >= 0.3 is 5.97 Å². The second-order valence-corrected chi connectivity index (χ2v) is 3.69. The summed E-state index contributed by atoms with van der Waals surface area (Å²) < 4.78 is 0. The average Bonchev–Trinajstić information content (AvgIpc) is 2.18. The van der Waals surface area contributed by atoms with Crippen LogP contribution in [0.2, 0.25) is 0 Å². The summed E-state index contributed by atoms with van der Waals surface area (Å²) in [7, 11) is 0. The standard InChI is InChI=1S/C10H17NO3/c1-2-5-9(12)11-7-4-3-6-8(11)10(13)14/h8H,2-7H2,1H3,(H,13,14)/t8-/m1/s1. The molecule has 0 saturated carbocycles. The van der Waals surface area contributed by atoms with Crippen LogP contribution in [0.3, 0.4) is 0 Å². The molecule has 4 nitrogen and oxygen atoms in total. The lowest BCUT2D eigenvalue weighted by molar-refractivity contribution is -0.152. The smallest absolute Gasteiger partial charge is 0.326 e. The highest BCUT2D eigenvalue weighted by molar-refractivity contribution is 5.83. The Hall–Kier alpha value is -1.06. The molecule has 0 aromatic rings. The highest BCUT2D eigenvalue weighted by atomic mass is 16.4. The molecule has 0 spiro atoms. The van der Waals surface area contributed by atoms with E-state index in [9.17, 15) is 9.59 Å². The van der Waals surface area contributed by atoms with Crippen molar-refractivity contribution < 1.29 is 14.7 Å². The summed E-state index contributed by atoms with van der Waals surface area (Å²) in [5.41, 5.74) is 0. The van der Waals surface area contributed by atoms with Crippen LogP contribution in [0.15, 0.2) is 0 Å². The molecule has 0 aromatic carbocycles. The zero-order chi connectivity index (χ0) is 10.6. The summed E-state index contributed by atoms with van der Waals surface area (Å²) in [6, 6.07) is -0.581. The Morgan fingerprint density at radius 3 is 2.71 bits per heavy atom. The zero-order valence-corrected chi connectivity index (χ0v) is 8.53. The van der Waals surface area contributed by atoms with Gasteiger partial charge in [-0.05, 0) is 25.7 Å². The van der Waals surface area contributed by atoms with Crippen molar-refractivity contribution in [3.05, 3.63) is 0 Å². The summed E-state index contributed by atoms with van der Waals surface area (Å²) >= 11 is 0. The summed E-state index contributed by atoms with van der Waals surface area (Å²) in [4.78, 5) is 24.0. The third kappa shape index (κ3) is 2.47. The van der Waals surface area contributed by atoms with Gasteiger partial charge < -0.3 is 10.0 Å². The van der Waals surface area contributed by atoms with Crippen molar-refractivity contribution in [2.45, 2.75) is 45.1 Å². The number of rotatable bonds is 3. The average molecular weight is 199 g/mol. The van der Waals surface area contributed by atoms with Crippen molar-refractivity contribution in [1.29, 1.82) is 0 Å². The van der Waals surface area contributed by atoms with E-state index in [1.165, 1.54) is 4.90 Å². The predicted molar refractivity (Wildman–Crippen MR) is 51.9 cm³/mol. The molecular formula is C10H17NO3. The molecule has 1 amide bonds. The summed E-state index contributed by atoms with van der Waals surface area (Å²) in [6.45, 7) is 2.54. The monoisotopic (exact) mass is 199 g/mol. The molecule has 4 heteroatoms. The molecule has 0 aromatic heterocycles. The van der Waals surface area contributed by atoms with E-state index in [1.54, 1.807) is 0 Å². The van der Waals surface area contributed by atoms with Gasteiger partial charge in [-0.1, -0.05) is 6.92 Å². The maximum absolute atomic E-state index is 11.6. The topological polar surface area (TPSA) is 57.6 Å². The Balaban J connectivity index is 2.62. The maximum Gasteiger partial charge on any atom is 0.326 e. The van der Waals surface area contributed by atoms with Gasteiger partial charge in [0.25, 0.3) is 0 Å². The summed E-state index contributed by atoms with van der Waals surface area (Å²) in [5.74, 6) is -0.881. The van der Waals surface area contributed by atoms with E-state index in [0.717, 1.165) is 19.3 Å². The fourth-order valence-electron chi connectivity index (χ4n) is 1.84. The first-order valence-electron chi connectivity index (χ1n) is 5.19. The first-order valence-corrected chi connectivity index (χ1v) is 5.19. The van der Waals surface area contributed by atoms with Gasteiger partial charge in [-0.15, -0.1) is 0 Å². The third-order valence-electron chi connectivity index (χ3n) is 2.57. The molecule has 80 valence electrons. The number of carboxylic acids is 1. The molecule has 0 radical (unpaired) electrons. The van der Waals surface area contributed by atoms with Gasteiger partial charge in [0.15, 0.2) is 0 Å². The van der Waals surface area contributed by atoms with E-state index in [1.807, 2.05) is 6.92 Å². The van der Waals surface area contributed by atoms with Crippen LogP contribution in [0.4, 0.5) is 0 Å². The van der Waals surface area contributed by atoms with Gasteiger partial charge in [0, 0.05) is 13.0 Å². The molecule has 1 saturated heterocycles. The molecular weight excluding hydrogens is 182 g/mol. The molecule has 14 heavy (non-hydrogen) atoms. The highest BCUT2D eigenvalue weighted by Gasteiger charge is 2.30. The minimum Gasteiger partial charge on any atom is -0.480 e. The van der Waals surface area contributed by atoms with Crippen molar-refractivity contribution in [2.75, 3.05) is 6.54 Å². The number of amides is 1. The lowest BCUT2D eigenvalue weighted by atomic mass is 10.0. The van der Waals surface area contributed by atoms with E-state index in [4.69, 9.17) is 5.11 Å². The summed E-state index contributed by atoms with van der Waals surface area (Å²) in [6.07, 6.45) is 3.68. The number of likely N-dealkylation sites (tertiary alicyclic amines) is 1. The Kier molecular flexibility index (Phi) is 3.92. The fourth-order valence-corrected chi connectivity index (χ4v) is 1.84. The highest BCUT2D eigenvalue weighted by Crippen LogP contribution is 2.18. The predicted octanol–water partition coefficient (Wildman–Crippen LogP) is 1.25. The van der Waals surface area contributed by atoms with E-state index in [0.29, 0.717) is 19.4 Å². The molecule has 1 heterocycles. The van der Waals surface area contributed by atoms with Crippen LogP contribution in [-0.4, -0.2) is 34.5 Å². The minimum atomic E-state index is -0.867. The van der Waals surface area contributed by atoms with Gasteiger partial charge in [0.05, 0.1) is 0 Å². The SMILES string of the molecule is CCCC(=O)N1CCCC[C@@H]1C(=O)O. The Morgan fingerprint density at radius 1 is 1.43 bits per heavy atom. The summed E-state index contributed by atoms with van der Waals surface area (Å²) in [5, 5.41) is 8.93. The van der Waals surface area contributed by atoms with Crippen molar-refractivity contribution in [3.63, 3.8) is 0 Å². The molecule has 0 bridgehead atoms. The largest absolute Gasteiger partial charge is 0.480 e. The number of carboxylic acid groups (broad SMARTS) is 1. The van der Waals surface area contributed by atoms with E-state index in [-0.39, 0.29) is 5.91 Å². The number of aliphatic carboxylic acids is 1. The second-order valence-electron chi connectivity index (χ2n) is 3.69. The van der Waals surface area contributed by atoms with Crippen LogP contribution in [0.1, 0.15) is 39.0 Å². The molecule has 1 atom stereocenters. The normalized spacial score (nSPS) is 22.1. The van der Waals surface area contributed by atoms with Gasteiger partial charge in [-0.2, -0.15) is 0 Å². The molecule has 1 aliphatic heterocycles. The van der Waals surface area contributed by atoms with Crippen molar-refractivity contribution in [2.24, 2.45) is 0 Å². The van der Waals surface area contributed by atoms with Crippen LogP contribution in [0.5, 0.6) is 0 Å². The van der Waals surface area contributed by atoms with Crippen molar-refractivity contribution >= 4 is 11.9 Å². The second kappa shape index (κ2) is 4.98. The maximum atomic E-state index is 11.6. The van der Waals surface area contributed by atoms with Gasteiger partial charge in [0.2, 0.25) is 5.91 Å². The van der Waals surface area contributed by atoms with Crippen molar-refractivity contribution in [1.82, 2.24) is 4.90 Å². The van der Waals surface area contributed by atoms with Crippen LogP contribution >= 0.6 is 0 Å². The Morgan fingerprint density at radius 2 is 2.14 bits per heavy atom. The van der Waals surface area contributed by atoms with E-state index >= 15 is 0 Å². The molecule has 1 fully saturated rings. The minimum absolute atomic E-state index is 0.0143. The van der Waals surface area contributed by atoms with Crippen LogP contribution in [0, 0.1) is 0 Å². The molecule has 0 aliphatic carbocycles. The number of carbonyl (C=O) groups is 2. The van der Waals surface area contributed by atoms with Crippen molar-refractivity contribution in [3.8, 4) is 0 Å². The Labute approximate surface area is 83.9 Å². The van der Waals surface area contributed by atoms with Crippen LogP contribution < -0.4 is 0 Å². The molecule has 1 aliphatic rings. The lowest BCUT2D eigenvalue weighted by Gasteiger charge is -2.32. The number of nitrogens with zero attached hydrogens (tertiary/aromatic N) is 1. The number of piperidine rings is 1. The lowest BCUT2D eigenvalue weighted by Crippen LogP contribution is -2.47.